The fourth-order valence-corrected chi connectivity index (χ4v) is 4.10. The average molecular weight is 307 g/mol. The molecule has 1 saturated carbocycles. The van der Waals surface area contributed by atoms with Gasteiger partial charge in [-0.3, -0.25) is 4.79 Å². The Morgan fingerprint density at radius 2 is 2.18 bits per heavy atom. The molecule has 0 aromatic heterocycles. The second-order valence-corrected chi connectivity index (χ2v) is 6.60. The van der Waals surface area contributed by atoms with E-state index in [9.17, 15) is 13.6 Å². The molecular weight excluding hydrogens is 284 g/mol. The third kappa shape index (κ3) is 2.64. The molecule has 0 heterocycles. The van der Waals surface area contributed by atoms with Crippen LogP contribution in [0.5, 0.6) is 0 Å². The number of halogens is 2. The number of hydrogen-bond acceptors (Lipinski definition) is 1. The summed E-state index contributed by atoms with van der Waals surface area (Å²) in [5, 5.41) is 0. The number of carbonyl (C=O) groups is 1. The van der Waals surface area contributed by atoms with Crippen LogP contribution in [0.4, 0.5) is 8.78 Å². The Bertz CT molecular complexity index is 560. The molecule has 2 aliphatic rings. The quantitative estimate of drug-likeness (QED) is 0.810. The maximum Gasteiger partial charge on any atom is 0.255 e. The molecule has 1 spiro atoms. The lowest BCUT2D eigenvalue weighted by Crippen LogP contribution is -2.38. The molecule has 0 N–H and O–H groups in total. The van der Waals surface area contributed by atoms with E-state index in [0.29, 0.717) is 6.54 Å². The number of nitrogens with zero attached hydrogens (tertiary/aromatic N) is 1. The average Bonchev–Trinajstić information content (AvgIpc) is 3.21. The van der Waals surface area contributed by atoms with Gasteiger partial charge in [-0.05, 0) is 43.2 Å². The van der Waals surface area contributed by atoms with Crippen LogP contribution in [0.2, 0.25) is 0 Å². The van der Waals surface area contributed by atoms with E-state index in [4.69, 9.17) is 0 Å². The highest BCUT2D eigenvalue weighted by Crippen LogP contribution is 2.60. The number of benzene rings is 1. The molecule has 120 valence electrons. The summed E-state index contributed by atoms with van der Waals surface area (Å²) in [5.41, 5.74) is 2.55. The number of rotatable bonds is 5. The van der Waals surface area contributed by atoms with E-state index in [0.717, 1.165) is 32.1 Å². The first-order valence-electron chi connectivity index (χ1n) is 8.24. The van der Waals surface area contributed by atoms with Crippen LogP contribution in [0, 0.1) is 5.92 Å². The summed E-state index contributed by atoms with van der Waals surface area (Å²) in [6.45, 7) is 1.92. The first-order chi connectivity index (χ1) is 10.6. The van der Waals surface area contributed by atoms with Crippen molar-refractivity contribution in [2.24, 2.45) is 5.92 Å². The molecule has 0 unspecified atom stereocenters. The summed E-state index contributed by atoms with van der Waals surface area (Å²) in [6.07, 6.45) is 2.25. The van der Waals surface area contributed by atoms with Crippen LogP contribution in [0.15, 0.2) is 24.3 Å². The largest absolute Gasteiger partial charge is 0.337 e. The zero-order valence-corrected chi connectivity index (χ0v) is 13.0. The lowest BCUT2D eigenvalue weighted by atomic mass is 9.78. The van der Waals surface area contributed by atoms with Gasteiger partial charge in [0.15, 0.2) is 0 Å². The van der Waals surface area contributed by atoms with E-state index >= 15 is 0 Å². The molecule has 2 atom stereocenters. The van der Waals surface area contributed by atoms with Gasteiger partial charge in [0.2, 0.25) is 5.91 Å². The monoisotopic (exact) mass is 307 g/mol. The molecule has 2 nitrogen and oxygen atoms in total. The first kappa shape index (κ1) is 15.4. The predicted octanol–water partition coefficient (Wildman–Crippen LogP) is 3.78. The highest BCUT2D eigenvalue weighted by molar-refractivity contribution is 5.85. The predicted molar refractivity (Wildman–Crippen MR) is 82.0 cm³/mol. The highest BCUT2D eigenvalue weighted by Gasteiger charge is 2.60. The van der Waals surface area contributed by atoms with E-state index < -0.39 is 13.0 Å². The topological polar surface area (TPSA) is 20.3 Å². The summed E-state index contributed by atoms with van der Waals surface area (Å²) in [6, 6.07) is 8.32. The van der Waals surface area contributed by atoms with Gasteiger partial charge in [0, 0.05) is 17.9 Å². The van der Waals surface area contributed by atoms with Gasteiger partial charge in [0.05, 0.1) is 6.54 Å². The van der Waals surface area contributed by atoms with Gasteiger partial charge < -0.3 is 4.90 Å². The van der Waals surface area contributed by atoms with Gasteiger partial charge in [0.1, 0.15) is 0 Å². The summed E-state index contributed by atoms with van der Waals surface area (Å²) < 4.78 is 25.5. The standard InChI is InChI=1S/C18H23F2NO/c1-2-10-21(12-16(19)20)17(22)15-11-18(15)9-5-7-13-6-3-4-8-14(13)18/h3-4,6,8,15-16H,2,5,7,9-12H2,1H3/t15-,18-/m1/s1. The van der Waals surface area contributed by atoms with Crippen LogP contribution in [0.1, 0.15) is 43.7 Å². The zero-order valence-electron chi connectivity index (χ0n) is 13.0. The van der Waals surface area contributed by atoms with Crippen LogP contribution < -0.4 is 0 Å². The maximum atomic E-state index is 12.7. The fourth-order valence-electron chi connectivity index (χ4n) is 4.10. The van der Waals surface area contributed by atoms with Crippen molar-refractivity contribution in [3.05, 3.63) is 35.4 Å². The number of aryl methyl sites for hydroxylation is 1. The summed E-state index contributed by atoms with van der Waals surface area (Å²) in [7, 11) is 0. The lowest BCUT2D eigenvalue weighted by molar-refractivity contribution is -0.135. The number of carbonyl (C=O) groups excluding carboxylic acids is 1. The fraction of sp³-hybridized carbons (Fsp3) is 0.611. The number of alkyl halides is 2. The Kier molecular flexibility index (Phi) is 4.20. The van der Waals surface area contributed by atoms with Crippen molar-refractivity contribution < 1.29 is 13.6 Å². The van der Waals surface area contributed by atoms with Crippen molar-refractivity contribution in [1.29, 1.82) is 0 Å². The van der Waals surface area contributed by atoms with E-state index in [-0.39, 0.29) is 17.2 Å². The summed E-state index contributed by atoms with van der Waals surface area (Å²) >= 11 is 0. The van der Waals surface area contributed by atoms with Gasteiger partial charge in [-0.2, -0.15) is 0 Å². The van der Waals surface area contributed by atoms with Crippen molar-refractivity contribution in [1.82, 2.24) is 4.90 Å². The molecule has 1 aromatic carbocycles. The molecule has 3 rings (SSSR count). The van der Waals surface area contributed by atoms with E-state index in [1.165, 1.54) is 16.0 Å². The number of hydrogen-bond donors (Lipinski definition) is 0. The summed E-state index contributed by atoms with van der Waals surface area (Å²) in [4.78, 5) is 14.1. The maximum absolute atomic E-state index is 12.7. The molecule has 0 saturated heterocycles. The van der Waals surface area contributed by atoms with E-state index in [1.54, 1.807) is 0 Å². The van der Waals surface area contributed by atoms with E-state index in [2.05, 4.69) is 12.1 Å². The molecule has 4 heteroatoms. The smallest absolute Gasteiger partial charge is 0.255 e. The zero-order chi connectivity index (χ0) is 15.7. The molecule has 22 heavy (non-hydrogen) atoms. The van der Waals surface area contributed by atoms with Crippen LogP contribution in [0.25, 0.3) is 0 Å². The van der Waals surface area contributed by atoms with Gasteiger partial charge >= 0.3 is 0 Å². The van der Waals surface area contributed by atoms with Crippen molar-refractivity contribution >= 4 is 5.91 Å². The van der Waals surface area contributed by atoms with Gasteiger partial charge in [-0.1, -0.05) is 31.2 Å². The number of amides is 1. The van der Waals surface area contributed by atoms with Crippen molar-refractivity contribution in [3.63, 3.8) is 0 Å². The van der Waals surface area contributed by atoms with Crippen molar-refractivity contribution in [2.45, 2.75) is 50.9 Å². The third-order valence-corrected chi connectivity index (χ3v) is 5.16. The Balaban J connectivity index is 1.80. The third-order valence-electron chi connectivity index (χ3n) is 5.16. The van der Waals surface area contributed by atoms with Crippen molar-refractivity contribution in [3.8, 4) is 0 Å². The minimum atomic E-state index is -2.45. The summed E-state index contributed by atoms with van der Waals surface area (Å²) in [5.74, 6) is -0.168. The Morgan fingerprint density at radius 1 is 1.41 bits per heavy atom. The molecular formula is C18H23F2NO. The molecule has 2 aliphatic carbocycles. The van der Waals surface area contributed by atoms with Crippen molar-refractivity contribution in [2.75, 3.05) is 13.1 Å². The second-order valence-electron chi connectivity index (χ2n) is 6.60. The minimum Gasteiger partial charge on any atom is -0.337 e. The first-order valence-corrected chi connectivity index (χ1v) is 8.24. The van der Waals surface area contributed by atoms with Gasteiger partial charge in [-0.25, -0.2) is 8.78 Å². The molecule has 0 aliphatic heterocycles. The van der Waals surface area contributed by atoms with Gasteiger partial charge in [0.25, 0.3) is 6.43 Å². The molecule has 0 bridgehead atoms. The Morgan fingerprint density at radius 3 is 2.91 bits per heavy atom. The normalized spacial score (nSPS) is 26.1. The number of fused-ring (bicyclic) bond motifs is 2. The van der Waals surface area contributed by atoms with Gasteiger partial charge in [-0.15, -0.1) is 0 Å². The highest BCUT2D eigenvalue weighted by atomic mass is 19.3. The minimum absolute atomic E-state index is 0.0694. The van der Waals surface area contributed by atoms with Crippen LogP contribution >= 0.6 is 0 Å². The SMILES string of the molecule is CCCN(CC(F)F)C(=O)[C@H]1C[C@@]12CCCc1ccccc12. The Hall–Kier alpha value is -1.45. The van der Waals surface area contributed by atoms with Crippen LogP contribution in [-0.4, -0.2) is 30.3 Å². The lowest BCUT2D eigenvalue weighted by Gasteiger charge is -2.28. The van der Waals surface area contributed by atoms with Crippen LogP contribution in [-0.2, 0) is 16.6 Å². The molecule has 0 radical (unpaired) electrons. The molecule has 1 fully saturated rings. The molecule has 1 amide bonds. The molecule has 1 aromatic rings. The van der Waals surface area contributed by atoms with E-state index in [1.807, 2.05) is 19.1 Å². The van der Waals surface area contributed by atoms with Crippen LogP contribution in [0.3, 0.4) is 0 Å². The Labute approximate surface area is 130 Å². The second kappa shape index (κ2) is 5.98.